The smallest absolute Gasteiger partial charge is 0.255 e. The number of carbonyl (C=O) groups excluding carboxylic acids is 1. The highest BCUT2D eigenvalue weighted by Gasteiger charge is 2.25. The van der Waals surface area contributed by atoms with Crippen molar-refractivity contribution in [2.75, 3.05) is 46.0 Å². The van der Waals surface area contributed by atoms with Crippen LogP contribution in [0.1, 0.15) is 24.8 Å². The van der Waals surface area contributed by atoms with Gasteiger partial charge in [0, 0.05) is 32.2 Å². The van der Waals surface area contributed by atoms with E-state index in [9.17, 15) is 4.79 Å². The number of benzene rings is 1. The number of ether oxygens (including phenoxy) is 2. The van der Waals surface area contributed by atoms with Gasteiger partial charge in [0.15, 0.2) is 6.61 Å². The lowest BCUT2D eigenvalue weighted by atomic mass is 10.0. The zero-order valence-corrected chi connectivity index (χ0v) is 14.9. The van der Waals surface area contributed by atoms with Crippen LogP contribution < -0.4 is 10.5 Å². The maximum Gasteiger partial charge on any atom is 0.255 e. The number of amides is 1. The van der Waals surface area contributed by atoms with Crippen molar-refractivity contribution in [3.05, 3.63) is 29.8 Å². The van der Waals surface area contributed by atoms with Gasteiger partial charge in [-0.2, -0.15) is 0 Å². The number of nitrogens with two attached hydrogens (primary N) is 1. The van der Waals surface area contributed by atoms with Crippen LogP contribution in [0.5, 0.6) is 5.75 Å². The molecule has 0 aromatic heterocycles. The zero-order valence-electron chi connectivity index (χ0n) is 14.9. The first-order valence-corrected chi connectivity index (χ1v) is 9.25. The normalized spacial score (nSPS) is 22.6. The lowest BCUT2D eigenvalue weighted by Gasteiger charge is -2.39. The largest absolute Gasteiger partial charge is 0.484 e. The van der Waals surface area contributed by atoms with Crippen LogP contribution in [0.15, 0.2) is 24.3 Å². The van der Waals surface area contributed by atoms with Crippen molar-refractivity contribution in [1.82, 2.24) is 9.80 Å². The highest BCUT2D eigenvalue weighted by molar-refractivity contribution is 5.75. The van der Waals surface area contributed by atoms with Crippen molar-refractivity contribution >= 4 is 5.91 Å². The molecular formula is C19H29N3O3. The van der Waals surface area contributed by atoms with E-state index in [1.165, 1.54) is 24.8 Å². The molecule has 1 aromatic rings. The summed E-state index contributed by atoms with van der Waals surface area (Å²) in [6.45, 7) is 7.02. The summed E-state index contributed by atoms with van der Waals surface area (Å²) in [5, 5.41) is 0. The van der Waals surface area contributed by atoms with E-state index in [1.54, 1.807) is 0 Å². The number of carbonyl (C=O) groups is 1. The molecule has 2 aliphatic heterocycles. The molecule has 3 rings (SSSR count). The summed E-state index contributed by atoms with van der Waals surface area (Å²) in [4.78, 5) is 15.9. The molecule has 2 aliphatic rings. The molecule has 0 radical (unpaired) electrons. The number of rotatable bonds is 7. The van der Waals surface area contributed by atoms with E-state index in [4.69, 9.17) is 15.2 Å². The van der Waals surface area contributed by atoms with Gasteiger partial charge in [-0.25, -0.2) is 0 Å². The first-order valence-electron chi connectivity index (χ1n) is 9.25. The van der Waals surface area contributed by atoms with Gasteiger partial charge in [-0.3, -0.25) is 14.6 Å². The van der Waals surface area contributed by atoms with Gasteiger partial charge in [0.25, 0.3) is 5.91 Å². The molecule has 1 aromatic carbocycles. The minimum atomic E-state index is -0.455. The molecule has 1 atom stereocenters. The summed E-state index contributed by atoms with van der Waals surface area (Å²) in [6.07, 6.45) is 3.88. The van der Waals surface area contributed by atoms with Gasteiger partial charge in [0.1, 0.15) is 5.75 Å². The molecule has 0 spiro atoms. The summed E-state index contributed by atoms with van der Waals surface area (Å²) in [7, 11) is 0. The molecule has 0 unspecified atom stereocenters. The second kappa shape index (κ2) is 9.17. The maximum atomic E-state index is 10.8. The van der Waals surface area contributed by atoms with Crippen molar-refractivity contribution in [1.29, 1.82) is 0 Å². The number of likely N-dealkylation sites (tertiary alicyclic amines) is 1. The third kappa shape index (κ3) is 5.70. The Kier molecular flexibility index (Phi) is 6.67. The Balaban J connectivity index is 1.54. The molecule has 2 fully saturated rings. The molecule has 25 heavy (non-hydrogen) atoms. The maximum absolute atomic E-state index is 10.8. The summed E-state index contributed by atoms with van der Waals surface area (Å²) in [5.74, 6) is 0.231. The van der Waals surface area contributed by atoms with Crippen molar-refractivity contribution in [2.45, 2.75) is 31.8 Å². The summed E-state index contributed by atoms with van der Waals surface area (Å²) in [6, 6.07) is 8.61. The minimum Gasteiger partial charge on any atom is -0.484 e. The van der Waals surface area contributed by atoms with E-state index in [-0.39, 0.29) is 6.61 Å². The van der Waals surface area contributed by atoms with Crippen molar-refractivity contribution < 1.29 is 14.3 Å². The average molecular weight is 347 g/mol. The monoisotopic (exact) mass is 347 g/mol. The Morgan fingerprint density at radius 3 is 2.64 bits per heavy atom. The SMILES string of the molecule is NC(=O)COc1ccc(CN2CCCC[C@H]2CN2CCOCC2)cc1. The fourth-order valence-corrected chi connectivity index (χ4v) is 3.64. The van der Waals surface area contributed by atoms with Crippen molar-refractivity contribution in [3.8, 4) is 5.75 Å². The van der Waals surface area contributed by atoms with Crippen LogP contribution in [-0.4, -0.2) is 67.7 Å². The standard InChI is InChI=1S/C19H29N3O3/c20-19(23)15-25-18-6-4-16(5-7-18)13-22-8-2-1-3-17(22)14-21-9-11-24-12-10-21/h4-7,17H,1-3,8-15H2,(H2,20,23)/t17-/m0/s1. The number of morpholine rings is 1. The summed E-state index contributed by atoms with van der Waals surface area (Å²) >= 11 is 0. The third-order valence-corrected chi connectivity index (χ3v) is 5.01. The molecule has 2 heterocycles. The minimum absolute atomic E-state index is 0.0763. The molecule has 0 aliphatic carbocycles. The zero-order chi connectivity index (χ0) is 17.5. The lowest BCUT2D eigenvalue weighted by molar-refractivity contribution is -0.119. The predicted octanol–water partition coefficient (Wildman–Crippen LogP) is 1.24. The van der Waals surface area contributed by atoms with E-state index < -0.39 is 5.91 Å². The van der Waals surface area contributed by atoms with E-state index >= 15 is 0 Å². The van der Waals surface area contributed by atoms with E-state index in [0.29, 0.717) is 11.8 Å². The van der Waals surface area contributed by atoms with Crippen LogP contribution in [0.3, 0.4) is 0 Å². The quantitative estimate of drug-likeness (QED) is 0.804. The van der Waals surface area contributed by atoms with Crippen LogP contribution in [0.2, 0.25) is 0 Å². The fourth-order valence-electron chi connectivity index (χ4n) is 3.64. The fraction of sp³-hybridized carbons (Fsp3) is 0.632. The number of hydrogen-bond acceptors (Lipinski definition) is 5. The van der Waals surface area contributed by atoms with Crippen LogP contribution in [-0.2, 0) is 16.1 Å². The lowest BCUT2D eigenvalue weighted by Crippen LogP contribution is -2.49. The third-order valence-electron chi connectivity index (χ3n) is 5.01. The Morgan fingerprint density at radius 1 is 1.16 bits per heavy atom. The molecule has 0 saturated carbocycles. The summed E-state index contributed by atoms with van der Waals surface area (Å²) in [5.41, 5.74) is 6.38. The molecule has 138 valence electrons. The van der Waals surface area contributed by atoms with Crippen LogP contribution in [0.25, 0.3) is 0 Å². The topological polar surface area (TPSA) is 68.0 Å². The Bertz CT molecular complexity index is 543. The Hall–Kier alpha value is -1.63. The predicted molar refractivity (Wildman–Crippen MR) is 96.4 cm³/mol. The number of piperidine rings is 1. The Morgan fingerprint density at radius 2 is 1.92 bits per heavy atom. The van der Waals surface area contributed by atoms with Gasteiger partial charge in [0.05, 0.1) is 13.2 Å². The van der Waals surface area contributed by atoms with Gasteiger partial charge in [-0.1, -0.05) is 18.6 Å². The van der Waals surface area contributed by atoms with Gasteiger partial charge in [-0.05, 0) is 37.1 Å². The van der Waals surface area contributed by atoms with E-state index in [2.05, 4.69) is 21.9 Å². The van der Waals surface area contributed by atoms with Crippen LogP contribution in [0, 0.1) is 0 Å². The number of hydrogen-bond donors (Lipinski definition) is 1. The molecule has 1 amide bonds. The average Bonchev–Trinajstić information content (AvgIpc) is 2.63. The second-order valence-electron chi connectivity index (χ2n) is 6.93. The van der Waals surface area contributed by atoms with Crippen molar-refractivity contribution in [2.24, 2.45) is 5.73 Å². The molecule has 2 saturated heterocycles. The van der Waals surface area contributed by atoms with E-state index in [1.807, 2.05) is 12.1 Å². The Labute approximate surface area is 149 Å². The van der Waals surface area contributed by atoms with Gasteiger partial charge in [-0.15, -0.1) is 0 Å². The molecule has 6 nitrogen and oxygen atoms in total. The van der Waals surface area contributed by atoms with Crippen molar-refractivity contribution in [3.63, 3.8) is 0 Å². The summed E-state index contributed by atoms with van der Waals surface area (Å²) < 4.78 is 10.8. The molecule has 2 N–H and O–H groups in total. The van der Waals surface area contributed by atoms with E-state index in [0.717, 1.165) is 45.9 Å². The van der Waals surface area contributed by atoms with Gasteiger partial charge < -0.3 is 15.2 Å². The highest BCUT2D eigenvalue weighted by atomic mass is 16.5. The van der Waals surface area contributed by atoms with Crippen LogP contribution in [0.4, 0.5) is 0 Å². The molecule has 0 bridgehead atoms. The molecular weight excluding hydrogens is 318 g/mol. The number of nitrogens with zero attached hydrogens (tertiary/aromatic N) is 2. The number of primary amides is 1. The first-order chi connectivity index (χ1) is 12.2. The van der Waals surface area contributed by atoms with Gasteiger partial charge in [0.2, 0.25) is 0 Å². The molecule has 6 heteroatoms. The highest BCUT2D eigenvalue weighted by Crippen LogP contribution is 2.22. The first kappa shape index (κ1) is 18.2. The van der Waals surface area contributed by atoms with Gasteiger partial charge >= 0.3 is 0 Å². The van der Waals surface area contributed by atoms with Crippen LogP contribution >= 0.6 is 0 Å². The second-order valence-corrected chi connectivity index (χ2v) is 6.93.